The summed E-state index contributed by atoms with van der Waals surface area (Å²) in [4.78, 5) is 15.0. The molecule has 1 N–H and O–H groups in total. The van der Waals surface area contributed by atoms with Crippen LogP contribution < -0.4 is 9.47 Å². The molecule has 0 amide bonds. The number of aliphatic hydroxyl groups is 1. The van der Waals surface area contributed by atoms with Crippen LogP contribution in [0.1, 0.15) is 18.1 Å². The van der Waals surface area contributed by atoms with Crippen LogP contribution in [0.25, 0.3) is 12.2 Å². The fourth-order valence-electron chi connectivity index (χ4n) is 1.79. The molecule has 1 aromatic carbocycles. The maximum atomic E-state index is 10.9. The van der Waals surface area contributed by atoms with Gasteiger partial charge in [-0.2, -0.15) is 0 Å². The number of esters is 1. The number of ether oxygens (including phenoxy) is 2. The van der Waals surface area contributed by atoms with Crippen molar-refractivity contribution in [3.05, 3.63) is 52.1 Å². The van der Waals surface area contributed by atoms with Gasteiger partial charge in [0.05, 0.1) is 11.1 Å². The molecule has 0 aliphatic heterocycles. The molecule has 23 heavy (non-hydrogen) atoms. The summed E-state index contributed by atoms with van der Waals surface area (Å²) in [6.45, 7) is 1.52. The Morgan fingerprint density at radius 1 is 1.26 bits per heavy atom. The molecule has 0 saturated carbocycles. The number of nitrogens with zero attached hydrogens (tertiary/aromatic N) is 1. The van der Waals surface area contributed by atoms with Crippen LogP contribution in [0.4, 0.5) is 0 Å². The molecule has 5 nitrogen and oxygen atoms in total. The predicted molar refractivity (Wildman–Crippen MR) is 91.2 cm³/mol. The zero-order chi connectivity index (χ0) is 16.7. The molecule has 2 rings (SSSR count). The number of halogens is 1. The summed E-state index contributed by atoms with van der Waals surface area (Å²) in [5, 5.41) is 8.74. The van der Waals surface area contributed by atoms with Gasteiger partial charge in [-0.15, -0.1) is 0 Å². The highest BCUT2D eigenvalue weighted by Gasteiger charge is 2.03. The topological polar surface area (TPSA) is 68.7 Å². The molecule has 0 atom stereocenters. The van der Waals surface area contributed by atoms with Gasteiger partial charge < -0.3 is 14.6 Å². The van der Waals surface area contributed by atoms with E-state index >= 15 is 0 Å². The predicted octanol–water partition coefficient (Wildman–Crippen LogP) is 3.31. The molecule has 0 spiro atoms. The number of aromatic nitrogens is 1. The van der Waals surface area contributed by atoms with Gasteiger partial charge >= 0.3 is 5.97 Å². The van der Waals surface area contributed by atoms with E-state index in [1.54, 1.807) is 18.3 Å². The van der Waals surface area contributed by atoms with Crippen LogP contribution in [0, 0.1) is 0 Å². The van der Waals surface area contributed by atoms with Crippen molar-refractivity contribution >= 4 is 34.1 Å². The molecule has 0 bridgehead atoms. The summed E-state index contributed by atoms with van der Waals surface area (Å²) < 4.78 is 11.0. The molecular weight excluding hydrogens is 362 g/mol. The molecular formula is C17H16BrNO4. The zero-order valence-electron chi connectivity index (χ0n) is 12.5. The standard InChI is InChI=1S/C17H16BrNO4/c1-12(21)23-15-6-4-13(5-7-15)2-3-14-10-16(18)17(19-11-14)22-9-8-20/h2-7,10-11,20H,8-9H2,1H3. The maximum Gasteiger partial charge on any atom is 0.308 e. The molecule has 1 heterocycles. The van der Waals surface area contributed by atoms with E-state index in [0.29, 0.717) is 11.6 Å². The van der Waals surface area contributed by atoms with Crippen molar-refractivity contribution in [2.75, 3.05) is 13.2 Å². The first-order chi connectivity index (χ1) is 11.1. The average Bonchev–Trinajstić information content (AvgIpc) is 2.53. The molecule has 0 aliphatic rings. The van der Waals surface area contributed by atoms with Crippen LogP contribution in [-0.4, -0.2) is 29.3 Å². The average molecular weight is 378 g/mol. The Balaban J connectivity index is 2.04. The highest BCUT2D eigenvalue weighted by molar-refractivity contribution is 9.10. The number of rotatable bonds is 6. The van der Waals surface area contributed by atoms with Gasteiger partial charge in [0.1, 0.15) is 12.4 Å². The fourth-order valence-corrected chi connectivity index (χ4v) is 2.27. The number of hydrogen-bond acceptors (Lipinski definition) is 5. The molecule has 120 valence electrons. The molecule has 0 aliphatic carbocycles. The Morgan fingerprint density at radius 2 is 1.96 bits per heavy atom. The molecule has 0 saturated heterocycles. The molecule has 0 radical (unpaired) electrons. The quantitative estimate of drug-likeness (QED) is 0.617. The van der Waals surface area contributed by atoms with Gasteiger partial charge in [0.2, 0.25) is 5.88 Å². The van der Waals surface area contributed by atoms with Crippen molar-refractivity contribution in [1.82, 2.24) is 4.98 Å². The Morgan fingerprint density at radius 3 is 2.57 bits per heavy atom. The van der Waals surface area contributed by atoms with Crippen LogP contribution in [0.3, 0.4) is 0 Å². The third-order valence-corrected chi connectivity index (χ3v) is 3.34. The highest BCUT2D eigenvalue weighted by Crippen LogP contribution is 2.24. The van der Waals surface area contributed by atoms with Gasteiger partial charge in [0.25, 0.3) is 0 Å². The molecule has 1 aromatic heterocycles. The van der Waals surface area contributed by atoms with Crippen molar-refractivity contribution in [3.63, 3.8) is 0 Å². The number of benzene rings is 1. The van der Waals surface area contributed by atoms with E-state index in [2.05, 4.69) is 20.9 Å². The van der Waals surface area contributed by atoms with Crippen molar-refractivity contribution in [3.8, 4) is 11.6 Å². The first-order valence-electron chi connectivity index (χ1n) is 6.94. The summed E-state index contributed by atoms with van der Waals surface area (Å²) in [7, 11) is 0. The van der Waals surface area contributed by atoms with E-state index in [1.165, 1.54) is 6.92 Å². The van der Waals surface area contributed by atoms with Gasteiger partial charge in [0, 0.05) is 13.1 Å². The van der Waals surface area contributed by atoms with Crippen LogP contribution in [0.2, 0.25) is 0 Å². The van der Waals surface area contributed by atoms with E-state index in [1.807, 2.05) is 30.4 Å². The number of hydrogen-bond donors (Lipinski definition) is 1. The molecule has 0 fully saturated rings. The van der Waals surface area contributed by atoms with Crippen LogP contribution >= 0.6 is 15.9 Å². The molecule has 0 unspecified atom stereocenters. The lowest BCUT2D eigenvalue weighted by atomic mass is 10.1. The Labute approximate surface area is 142 Å². The third-order valence-electron chi connectivity index (χ3n) is 2.77. The summed E-state index contributed by atoms with van der Waals surface area (Å²) in [5.41, 5.74) is 1.87. The first kappa shape index (κ1) is 17.2. The fraction of sp³-hybridized carbons (Fsp3) is 0.176. The third kappa shape index (κ3) is 5.50. The van der Waals surface area contributed by atoms with Gasteiger partial charge in [0.15, 0.2) is 0 Å². The lowest BCUT2D eigenvalue weighted by Crippen LogP contribution is -2.03. The molecule has 2 aromatic rings. The summed E-state index contributed by atoms with van der Waals surface area (Å²) in [5.74, 6) is 0.624. The number of carbonyl (C=O) groups is 1. The van der Waals surface area contributed by atoms with Crippen molar-refractivity contribution in [1.29, 1.82) is 0 Å². The van der Waals surface area contributed by atoms with Crippen LogP contribution in [0.5, 0.6) is 11.6 Å². The van der Waals surface area contributed by atoms with Crippen LogP contribution in [0.15, 0.2) is 41.0 Å². The van der Waals surface area contributed by atoms with E-state index in [9.17, 15) is 4.79 Å². The van der Waals surface area contributed by atoms with E-state index in [-0.39, 0.29) is 19.2 Å². The smallest absolute Gasteiger partial charge is 0.308 e. The van der Waals surface area contributed by atoms with Crippen LogP contribution in [-0.2, 0) is 4.79 Å². The maximum absolute atomic E-state index is 10.9. The van der Waals surface area contributed by atoms with E-state index in [4.69, 9.17) is 14.6 Å². The van der Waals surface area contributed by atoms with E-state index < -0.39 is 0 Å². The molecule has 6 heteroatoms. The second kappa shape index (κ2) is 8.45. The lowest BCUT2D eigenvalue weighted by molar-refractivity contribution is -0.131. The van der Waals surface area contributed by atoms with Gasteiger partial charge in [-0.25, -0.2) is 4.98 Å². The highest BCUT2D eigenvalue weighted by atomic mass is 79.9. The minimum atomic E-state index is -0.340. The van der Waals surface area contributed by atoms with Gasteiger partial charge in [-0.3, -0.25) is 4.79 Å². The van der Waals surface area contributed by atoms with E-state index in [0.717, 1.165) is 15.6 Å². The second-order valence-electron chi connectivity index (χ2n) is 4.62. The first-order valence-corrected chi connectivity index (χ1v) is 7.73. The number of aliphatic hydroxyl groups excluding tert-OH is 1. The summed E-state index contributed by atoms with van der Waals surface area (Å²) in [6.07, 6.45) is 5.52. The summed E-state index contributed by atoms with van der Waals surface area (Å²) in [6, 6.07) is 9.07. The minimum absolute atomic E-state index is 0.0564. The monoisotopic (exact) mass is 377 g/mol. The Bertz CT molecular complexity index is 698. The largest absolute Gasteiger partial charge is 0.474 e. The summed E-state index contributed by atoms with van der Waals surface area (Å²) >= 11 is 3.38. The Kier molecular flexibility index (Phi) is 6.31. The van der Waals surface area contributed by atoms with Crippen molar-refractivity contribution in [2.45, 2.75) is 6.92 Å². The van der Waals surface area contributed by atoms with Crippen molar-refractivity contribution < 1.29 is 19.4 Å². The number of carbonyl (C=O) groups excluding carboxylic acids is 1. The van der Waals surface area contributed by atoms with Gasteiger partial charge in [-0.05, 0) is 45.3 Å². The second-order valence-corrected chi connectivity index (χ2v) is 5.48. The lowest BCUT2D eigenvalue weighted by Gasteiger charge is -2.05. The van der Waals surface area contributed by atoms with Crippen molar-refractivity contribution in [2.24, 2.45) is 0 Å². The SMILES string of the molecule is CC(=O)Oc1ccc(C=Cc2cnc(OCCO)c(Br)c2)cc1. The zero-order valence-corrected chi connectivity index (χ0v) is 14.1. The normalized spacial score (nSPS) is 10.7. The van der Waals surface area contributed by atoms with Gasteiger partial charge in [-0.1, -0.05) is 24.3 Å². The number of pyridine rings is 1. The minimum Gasteiger partial charge on any atom is -0.474 e. The Hall–Kier alpha value is -2.18.